The Morgan fingerprint density at radius 1 is 1.17 bits per heavy atom. The maximum absolute atomic E-state index is 11.9. The molecule has 0 radical (unpaired) electrons. The number of nitro benzene ring substituents is 1. The zero-order chi connectivity index (χ0) is 17.2. The van der Waals surface area contributed by atoms with Crippen molar-refractivity contribution in [2.45, 2.75) is 18.4 Å². The van der Waals surface area contributed by atoms with Crippen LogP contribution in [-0.2, 0) is 9.59 Å². The van der Waals surface area contributed by atoms with Gasteiger partial charge in [-0.2, -0.15) is 0 Å². The van der Waals surface area contributed by atoms with E-state index in [1.807, 2.05) is 0 Å². The average Bonchev–Trinajstić information content (AvgIpc) is 2.42. The van der Waals surface area contributed by atoms with E-state index in [0.717, 1.165) is 0 Å². The summed E-state index contributed by atoms with van der Waals surface area (Å²) in [6.45, 7) is 0. The van der Waals surface area contributed by atoms with Crippen molar-refractivity contribution in [2.24, 2.45) is 5.92 Å². The van der Waals surface area contributed by atoms with Crippen LogP contribution >= 0.6 is 0 Å². The molecule has 1 aliphatic carbocycles. The Morgan fingerprint density at radius 3 is 2.17 bits per heavy atom. The number of carbonyl (C=O) groups excluding carboxylic acids is 1. The number of anilines is 1. The van der Waals surface area contributed by atoms with Gasteiger partial charge in [0, 0.05) is 17.8 Å². The van der Waals surface area contributed by atoms with Gasteiger partial charge in [-0.15, -0.1) is 0 Å². The molecule has 1 aliphatic rings. The smallest absolute Gasteiger partial charge is 0.329 e. The zero-order valence-electron chi connectivity index (χ0n) is 11.7. The molecule has 0 aromatic heterocycles. The number of urea groups is 1. The first kappa shape index (κ1) is 16.2. The number of carboxylic acid groups (broad SMARTS) is 2. The SMILES string of the molecule is O=C(Nc1ccc([N+](=O)[O-])cc1)NC1(C(=O)O)CC(C(=O)O)C1. The minimum Gasteiger partial charge on any atom is -0.481 e. The lowest BCUT2D eigenvalue weighted by molar-refractivity contribution is -0.384. The zero-order valence-corrected chi connectivity index (χ0v) is 11.7. The number of hydrogen-bond donors (Lipinski definition) is 4. The van der Waals surface area contributed by atoms with Crippen LogP contribution in [0.25, 0.3) is 0 Å². The molecule has 0 saturated heterocycles. The van der Waals surface area contributed by atoms with E-state index in [2.05, 4.69) is 10.6 Å². The van der Waals surface area contributed by atoms with Crippen molar-refractivity contribution in [1.82, 2.24) is 5.32 Å². The summed E-state index contributed by atoms with van der Waals surface area (Å²) in [5, 5.41) is 33.1. The van der Waals surface area contributed by atoms with Crippen molar-refractivity contribution in [3.63, 3.8) is 0 Å². The molecular weight excluding hydrogens is 310 g/mol. The fourth-order valence-electron chi connectivity index (χ4n) is 2.33. The highest BCUT2D eigenvalue weighted by Gasteiger charge is 2.54. The monoisotopic (exact) mass is 323 g/mol. The van der Waals surface area contributed by atoms with E-state index in [0.29, 0.717) is 0 Å². The van der Waals surface area contributed by atoms with Gasteiger partial charge >= 0.3 is 18.0 Å². The molecule has 0 aliphatic heterocycles. The van der Waals surface area contributed by atoms with Crippen molar-refractivity contribution < 1.29 is 29.5 Å². The first-order valence-electron chi connectivity index (χ1n) is 6.53. The Balaban J connectivity index is 1.99. The van der Waals surface area contributed by atoms with Crippen LogP contribution in [0.5, 0.6) is 0 Å². The van der Waals surface area contributed by atoms with Gasteiger partial charge in [0.1, 0.15) is 5.54 Å². The number of carboxylic acids is 2. The molecule has 1 aromatic rings. The highest BCUT2D eigenvalue weighted by Crippen LogP contribution is 2.38. The summed E-state index contributed by atoms with van der Waals surface area (Å²) in [7, 11) is 0. The van der Waals surface area contributed by atoms with Gasteiger partial charge in [0.2, 0.25) is 0 Å². The second-order valence-electron chi connectivity index (χ2n) is 5.21. The summed E-state index contributed by atoms with van der Waals surface area (Å²) in [5.41, 5.74) is -1.53. The van der Waals surface area contributed by atoms with Crippen molar-refractivity contribution in [3.05, 3.63) is 34.4 Å². The maximum Gasteiger partial charge on any atom is 0.329 e. The lowest BCUT2D eigenvalue weighted by Crippen LogP contribution is -2.64. The fourth-order valence-corrected chi connectivity index (χ4v) is 2.33. The first-order chi connectivity index (χ1) is 10.7. The largest absolute Gasteiger partial charge is 0.481 e. The number of rotatable bonds is 5. The number of nitrogens with zero attached hydrogens (tertiary/aromatic N) is 1. The topological polar surface area (TPSA) is 159 Å². The molecule has 1 fully saturated rings. The molecule has 23 heavy (non-hydrogen) atoms. The third kappa shape index (κ3) is 3.36. The van der Waals surface area contributed by atoms with Gasteiger partial charge in [-0.05, 0) is 25.0 Å². The van der Waals surface area contributed by atoms with Crippen LogP contribution in [0.4, 0.5) is 16.2 Å². The Morgan fingerprint density at radius 2 is 1.74 bits per heavy atom. The molecule has 0 heterocycles. The molecule has 122 valence electrons. The molecule has 0 atom stereocenters. The highest BCUT2D eigenvalue weighted by atomic mass is 16.6. The molecule has 0 bridgehead atoms. The van der Waals surface area contributed by atoms with Crippen LogP contribution in [-0.4, -0.2) is 38.6 Å². The number of nitro groups is 1. The van der Waals surface area contributed by atoms with Gasteiger partial charge in [-0.3, -0.25) is 14.9 Å². The van der Waals surface area contributed by atoms with E-state index in [1.54, 1.807) is 0 Å². The minimum absolute atomic E-state index is 0.152. The van der Waals surface area contributed by atoms with Crippen molar-refractivity contribution in [1.29, 1.82) is 0 Å². The van der Waals surface area contributed by atoms with Gasteiger partial charge in [-0.25, -0.2) is 9.59 Å². The number of benzene rings is 1. The highest BCUT2D eigenvalue weighted by molar-refractivity contribution is 5.95. The molecule has 1 aromatic carbocycles. The number of amides is 2. The molecule has 10 heteroatoms. The van der Waals surface area contributed by atoms with Crippen molar-refractivity contribution in [2.75, 3.05) is 5.32 Å². The summed E-state index contributed by atoms with van der Waals surface area (Å²) in [6.07, 6.45) is -0.406. The van der Waals surface area contributed by atoms with E-state index >= 15 is 0 Å². The van der Waals surface area contributed by atoms with Crippen LogP contribution in [0.1, 0.15) is 12.8 Å². The molecule has 0 unspecified atom stereocenters. The van der Waals surface area contributed by atoms with E-state index in [-0.39, 0.29) is 24.2 Å². The number of non-ortho nitro benzene ring substituents is 1. The van der Waals surface area contributed by atoms with Crippen LogP contribution in [0.2, 0.25) is 0 Å². The Hall–Kier alpha value is -3.17. The summed E-state index contributed by atoms with van der Waals surface area (Å²) >= 11 is 0. The van der Waals surface area contributed by atoms with Gasteiger partial charge < -0.3 is 20.8 Å². The molecule has 1 saturated carbocycles. The third-order valence-corrected chi connectivity index (χ3v) is 3.64. The van der Waals surface area contributed by atoms with Crippen molar-refractivity contribution >= 4 is 29.3 Å². The minimum atomic E-state index is -1.62. The van der Waals surface area contributed by atoms with E-state index in [1.165, 1.54) is 24.3 Å². The van der Waals surface area contributed by atoms with Crippen LogP contribution in [0.15, 0.2) is 24.3 Å². The first-order valence-corrected chi connectivity index (χ1v) is 6.53. The Labute approximate surface area is 129 Å². The lowest BCUT2D eigenvalue weighted by Gasteiger charge is -2.42. The predicted molar refractivity (Wildman–Crippen MR) is 76.0 cm³/mol. The van der Waals surface area contributed by atoms with E-state index in [9.17, 15) is 29.6 Å². The second-order valence-corrected chi connectivity index (χ2v) is 5.21. The maximum atomic E-state index is 11.9. The lowest BCUT2D eigenvalue weighted by atomic mass is 9.68. The standard InChI is InChI=1S/C13H13N3O7/c17-10(18)7-5-13(6-7,11(19)20)15-12(21)14-8-1-3-9(4-2-8)16(22)23/h1-4,7H,5-6H2,(H,17,18)(H,19,20)(H2,14,15,21). The molecule has 0 spiro atoms. The molecular formula is C13H13N3O7. The Bertz CT molecular complexity index is 665. The average molecular weight is 323 g/mol. The quantitative estimate of drug-likeness (QED) is 0.465. The van der Waals surface area contributed by atoms with Gasteiger partial charge in [0.15, 0.2) is 0 Å². The van der Waals surface area contributed by atoms with Crippen LogP contribution in [0, 0.1) is 16.0 Å². The predicted octanol–water partition coefficient (Wildman–Crippen LogP) is 1.03. The number of nitrogens with one attached hydrogen (secondary N) is 2. The van der Waals surface area contributed by atoms with E-state index < -0.39 is 34.3 Å². The molecule has 10 nitrogen and oxygen atoms in total. The van der Waals surface area contributed by atoms with Gasteiger partial charge in [0.25, 0.3) is 5.69 Å². The Kier molecular flexibility index (Phi) is 4.16. The summed E-state index contributed by atoms with van der Waals surface area (Å²) in [6, 6.07) is 4.14. The molecule has 2 amide bonds. The number of hydrogen-bond acceptors (Lipinski definition) is 5. The normalized spacial score (nSPS) is 22.5. The summed E-state index contributed by atoms with van der Waals surface area (Å²) in [4.78, 5) is 43.8. The molecule has 4 N–H and O–H groups in total. The fraction of sp³-hybridized carbons (Fsp3) is 0.308. The van der Waals surface area contributed by atoms with Gasteiger partial charge in [-0.1, -0.05) is 0 Å². The molecule has 2 rings (SSSR count). The third-order valence-electron chi connectivity index (χ3n) is 3.64. The second kappa shape index (κ2) is 5.91. The summed E-state index contributed by atoms with van der Waals surface area (Å²) in [5.74, 6) is -3.24. The van der Waals surface area contributed by atoms with Crippen molar-refractivity contribution in [3.8, 4) is 0 Å². The van der Waals surface area contributed by atoms with Crippen LogP contribution in [0.3, 0.4) is 0 Å². The van der Waals surface area contributed by atoms with E-state index in [4.69, 9.17) is 5.11 Å². The summed E-state index contributed by atoms with van der Waals surface area (Å²) < 4.78 is 0. The van der Waals surface area contributed by atoms with Crippen LogP contribution < -0.4 is 10.6 Å². The number of carbonyl (C=O) groups is 3. The number of aliphatic carboxylic acids is 2. The van der Waals surface area contributed by atoms with Gasteiger partial charge in [0.05, 0.1) is 10.8 Å².